The number of anilines is 1. The van der Waals surface area contributed by atoms with Gasteiger partial charge in [-0.3, -0.25) is 28.0 Å². The van der Waals surface area contributed by atoms with Crippen molar-refractivity contribution in [2.45, 2.75) is 62.4 Å². The molecule has 8 N–H and O–H groups in total. The largest absolute Gasteiger partial charge is 0.695 e. The number of nitrogens with one attached hydrogen (secondary N) is 1. The number of nitrogens with two attached hydrogens (primary N) is 1. The van der Waals surface area contributed by atoms with Gasteiger partial charge in [-0.1, -0.05) is 6.92 Å². The molecule has 0 amide bonds. The van der Waals surface area contributed by atoms with Gasteiger partial charge in [0.05, 0.1) is 31.6 Å². The van der Waals surface area contributed by atoms with Gasteiger partial charge in [0.25, 0.3) is 5.56 Å². The maximum Gasteiger partial charge on any atom is 0.695 e. The molecule has 2 fully saturated rings. The molecule has 22 nitrogen and oxygen atoms in total. The van der Waals surface area contributed by atoms with Gasteiger partial charge in [-0.2, -0.15) is 4.98 Å². The molecule has 6 rings (SSSR count). The average molecular weight is 688 g/mol. The van der Waals surface area contributed by atoms with E-state index in [1.54, 1.807) is 0 Å². The molecule has 46 heavy (non-hydrogen) atoms. The van der Waals surface area contributed by atoms with E-state index in [1.807, 2.05) is 6.92 Å². The number of nitrogens with zero attached hydrogens (tertiary/aromatic N) is 7. The summed E-state index contributed by atoms with van der Waals surface area (Å²) in [6.45, 7) is 0.314. The number of aliphatic hydroxyl groups is 3. The molecule has 0 radical (unpaired) electrons. The number of phosphoric ester groups is 1. The Labute approximate surface area is 257 Å². The number of aliphatic hydroxyl groups excluding tert-OH is 3. The van der Waals surface area contributed by atoms with Crippen LogP contribution >= 0.6 is 16.1 Å². The SMILES string of the molecule is CCc1ncnc2c1ncn2[C@@H]1O[C@H](COP(=O)(O)O[C@@H]2[C@H](O)[C@@H](CO)O[C@H]2n2cnc3c(=O)[nH]c(N)nc32)[C@@H](O[P+](=O)O)[C@H]1O. The number of imidazole rings is 2. The Bertz CT molecular complexity index is 1870. The molecule has 2 aliphatic heterocycles. The second kappa shape index (κ2) is 12.7. The number of nitrogen functional groups attached to an aromatic ring is 1. The van der Waals surface area contributed by atoms with E-state index in [1.165, 1.54) is 17.2 Å². The summed E-state index contributed by atoms with van der Waals surface area (Å²) in [6, 6.07) is 0. The van der Waals surface area contributed by atoms with Crippen molar-refractivity contribution < 1.29 is 57.3 Å². The summed E-state index contributed by atoms with van der Waals surface area (Å²) in [6.07, 6.45) is -7.74. The number of aromatic amines is 1. The predicted octanol–water partition coefficient (Wildman–Crippen LogP) is -1.85. The number of hydrogen-bond acceptors (Lipinski definition) is 17. The van der Waals surface area contributed by atoms with Crippen LogP contribution in [0.1, 0.15) is 25.1 Å². The lowest BCUT2D eigenvalue weighted by Crippen LogP contribution is -2.36. The number of fused-ring (bicyclic) bond motifs is 2. The van der Waals surface area contributed by atoms with E-state index in [4.69, 9.17) is 28.8 Å². The molecule has 248 valence electrons. The van der Waals surface area contributed by atoms with Gasteiger partial charge >= 0.3 is 16.1 Å². The molecule has 0 aliphatic carbocycles. The first-order valence-electron chi connectivity index (χ1n) is 13.6. The first-order chi connectivity index (χ1) is 21.9. The van der Waals surface area contributed by atoms with Gasteiger partial charge in [0.15, 0.2) is 35.4 Å². The number of H-pyrrole nitrogens is 1. The predicted molar refractivity (Wildman–Crippen MR) is 150 cm³/mol. The zero-order chi connectivity index (χ0) is 32.9. The summed E-state index contributed by atoms with van der Waals surface area (Å²) in [4.78, 5) is 55.2. The minimum atomic E-state index is -5.16. The summed E-state index contributed by atoms with van der Waals surface area (Å²) < 4.78 is 54.1. The van der Waals surface area contributed by atoms with Crippen LogP contribution in [0.4, 0.5) is 5.95 Å². The van der Waals surface area contributed by atoms with Gasteiger partial charge in [-0.25, -0.2) is 24.5 Å². The Morgan fingerprint density at radius 2 is 1.74 bits per heavy atom. The normalized spacial score (nSPS) is 29.9. The Balaban J connectivity index is 1.22. The third-order valence-electron chi connectivity index (χ3n) is 7.44. The average Bonchev–Trinajstić information content (AvgIpc) is 3.77. The van der Waals surface area contributed by atoms with Crippen molar-refractivity contribution in [2.24, 2.45) is 0 Å². The molecular formula is C22H28N9O13P2+. The Kier molecular flexibility index (Phi) is 8.97. The van der Waals surface area contributed by atoms with Gasteiger partial charge in [0, 0.05) is 4.57 Å². The van der Waals surface area contributed by atoms with Crippen molar-refractivity contribution in [2.75, 3.05) is 18.9 Å². The number of hydrogen-bond donors (Lipinski definition) is 7. The van der Waals surface area contributed by atoms with Crippen molar-refractivity contribution in [1.29, 1.82) is 0 Å². The highest BCUT2D eigenvalue weighted by molar-refractivity contribution is 7.47. The molecule has 0 saturated carbocycles. The number of phosphoric acid groups is 1. The molecule has 4 aromatic heterocycles. The number of ether oxygens (including phenoxy) is 2. The van der Waals surface area contributed by atoms with Crippen LogP contribution in [0, 0.1) is 0 Å². The lowest BCUT2D eigenvalue weighted by molar-refractivity contribution is -0.0609. The molecule has 6 heterocycles. The molecule has 2 aliphatic rings. The first kappa shape index (κ1) is 32.6. The number of aromatic nitrogens is 8. The van der Waals surface area contributed by atoms with E-state index < -0.39 is 83.9 Å². The molecule has 24 heteroatoms. The standard InChI is InChI=1S/C22H27N9O13P2/c1-2-8-11-17(25-5-24-8)30(6-26-11)20-14(34)15(43-45(36)37)10(42-20)4-40-46(38,39)44-16-13(33)9(3-32)41-21(16)31-7-27-12-18(31)28-22(23)29-19(12)35/h5-7,9-10,13-16,20-21,32-34H,2-4H2,1H3,(H4-,23,28,29,35,36,37,38,39)/p+1/t9-,10-,13-,14-,15-,16-,20-,21-/m1/s1. The topological polar surface area (TPSA) is 315 Å². The molecule has 0 aromatic carbocycles. The van der Waals surface area contributed by atoms with Gasteiger partial charge in [0.1, 0.15) is 42.4 Å². The summed E-state index contributed by atoms with van der Waals surface area (Å²) in [7, 11) is -8.43. The van der Waals surface area contributed by atoms with Crippen LogP contribution in [0.25, 0.3) is 22.3 Å². The summed E-state index contributed by atoms with van der Waals surface area (Å²) >= 11 is 0. The molecule has 0 spiro atoms. The van der Waals surface area contributed by atoms with Gasteiger partial charge in [-0.05, 0) is 6.42 Å². The lowest BCUT2D eigenvalue weighted by Gasteiger charge is -2.24. The maximum absolute atomic E-state index is 13.2. The fourth-order valence-electron chi connectivity index (χ4n) is 5.35. The Morgan fingerprint density at radius 1 is 1.04 bits per heavy atom. The van der Waals surface area contributed by atoms with Crippen molar-refractivity contribution in [3.05, 3.63) is 35.0 Å². The van der Waals surface area contributed by atoms with E-state index in [2.05, 4.69) is 29.9 Å². The quantitative estimate of drug-likeness (QED) is 0.0850. The van der Waals surface area contributed by atoms with Crippen LogP contribution in [-0.2, 0) is 38.6 Å². The van der Waals surface area contributed by atoms with Crippen LogP contribution in [0.2, 0.25) is 0 Å². The molecule has 2 saturated heterocycles. The van der Waals surface area contributed by atoms with Crippen molar-refractivity contribution in [3.63, 3.8) is 0 Å². The van der Waals surface area contributed by atoms with E-state index in [0.29, 0.717) is 17.6 Å². The Morgan fingerprint density at radius 3 is 2.43 bits per heavy atom. The van der Waals surface area contributed by atoms with Crippen LogP contribution in [-0.4, -0.2) is 114 Å². The van der Waals surface area contributed by atoms with Crippen molar-refractivity contribution >= 4 is 44.4 Å². The van der Waals surface area contributed by atoms with Gasteiger partial charge < -0.3 is 35.4 Å². The van der Waals surface area contributed by atoms with Gasteiger partial charge in [0.2, 0.25) is 5.95 Å². The highest BCUT2D eigenvalue weighted by atomic mass is 31.2. The molecule has 10 atom stereocenters. The summed E-state index contributed by atoms with van der Waals surface area (Å²) in [5.41, 5.74) is 6.02. The van der Waals surface area contributed by atoms with Crippen molar-refractivity contribution in [1.82, 2.24) is 39.0 Å². The van der Waals surface area contributed by atoms with E-state index in [9.17, 15) is 39.0 Å². The van der Waals surface area contributed by atoms with Crippen LogP contribution in [0.3, 0.4) is 0 Å². The molecule has 4 aromatic rings. The van der Waals surface area contributed by atoms with E-state index in [-0.39, 0.29) is 22.8 Å². The van der Waals surface area contributed by atoms with E-state index in [0.717, 1.165) is 10.9 Å². The third kappa shape index (κ3) is 5.94. The van der Waals surface area contributed by atoms with Crippen molar-refractivity contribution in [3.8, 4) is 0 Å². The second-order valence-corrected chi connectivity index (χ2v) is 12.3. The zero-order valence-corrected chi connectivity index (χ0v) is 25.4. The number of rotatable bonds is 11. The third-order valence-corrected chi connectivity index (χ3v) is 8.85. The summed E-state index contributed by atoms with van der Waals surface area (Å²) in [5.74, 6) is -0.273. The molecular weight excluding hydrogens is 660 g/mol. The second-order valence-electron chi connectivity index (χ2n) is 10.2. The Hall–Kier alpha value is -3.37. The highest BCUT2D eigenvalue weighted by Gasteiger charge is 2.53. The van der Waals surface area contributed by atoms with Crippen LogP contribution in [0.15, 0.2) is 23.8 Å². The summed E-state index contributed by atoms with van der Waals surface area (Å²) in [5, 5.41) is 31.5. The molecule has 0 bridgehead atoms. The zero-order valence-electron chi connectivity index (χ0n) is 23.6. The lowest BCUT2D eigenvalue weighted by atomic mass is 10.1. The maximum atomic E-state index is 13.2. The number of aryl methyl sites for hydroxylation is 1. The molecule has 2 unspecified atom stereocenters. The smallest absolute Gasteiger partial charge is 0.394 e. The van der Waals surface area contributed by atoms with Crippen LogP contribution in [0.5, 0.6) is 0 Å². The first-order valence-corrected chi connectivity index (χ1v) is 16.2. The fourth-order valence-corrected chi connectivity index (χ4v) is 6.75. The minimum absolute atomic E-state index is 0.111. The van der Waals surface area contributed by atoms with Crippen LogP contribution < -0.4 is 11.3 Å². The minimum Gasteiger partial charge on any atom is -0.394 e. The highest BCUT2D eigenvalue weighted by Crippen LogP contribution is 2.50. The fraction of sp³-hybridized carbons (Fsp3) is 0.545. The van der Waals surface area contributed by atoms with E-state index >= 15 is 0 Å². The monoisotopic (exact) mass is 688 g/mol. The van der Waals surface area contributed by atoms with Gasteiger partial charge in [-0.15, -0.1) is 9.42 Å².